The molecule has 0 aromatic heterocycles. The third kappa shape index (κ3) is 3.78. The first-order chi connectivity index (χ1) is 7.77. The predicted molar refractivity (Wildman–Crippen MR) is 62.0 cm³/mol. The van der Waals surface area contributed by atoms with Crippen molar-refractivity contribution in [3.05, 3.63) is 23.8 Å². The normalized spacial score (nSPS) is 10.6. The van der Waals surface area contributed by atoms with Gasteiger partial charge in [-0.2, -0.15) is 5.10 Å². The Hall–Kier alpha value is -1.75. The molecule has 0 amide bonds. The molecule has 0 spiro atoms. The van der Waals surface area contributed by atoms with Gasteiger partial charge in [-0.25, -0.2) is 0 Å². The number of phenolic OH excluding ortho intramolecular Hbond substituents is 1. The van der Waals surface area contributed by atoms with E-state index >= 15 is 0 Å². The minimum atomic E-state index is 0.105. The number of nitrogens with zero attached hydrogens (tertiary/aromatic N) is 1. The third-order valence-corrected chi connectivity index (χ3v) is 1.96. The van der Waals surface area contributed by atoms with Crippen molar-refractivity contribution in [2.75, 3.05) is 20.3 Å². The van der Waals surface area contributed by atoms with Crippen LogP contribution in [0.1, 0.15) is 12.0 Å². The number of benzene rings is 1. The fraction of sp³-hybridized carbons (Fsp3) is 0.364. The lowest BCUT2D eigenvalue weighted by molar-refractivity contribution is 0.286. The molecule has 1 rings (SSSR count). The van der Waals surface area contributed by atoms with Crippen LogP contribution in [0.15, 0.2) is 23.3 Å². The first-order valence-corrected chi connectivity index (χ1v) is 5.01. The Kier molecular flexibility index (Phi) is 5.15. The first-order valence-electron chi connectivity index (χ1n) is 5.01. The minimum Gasteiger partial charge on any atom is -0.504 e. The van der Waals surface area contributed by atoms with Crippen LogP contribution in [0.25, 0.3) is 0 Å². The molecular formula is C11H16N2O3. The Morgan fingerprint density at radius 1 is 1.50 bits per heavy atom. The Balaban J connectivity index is 2.53. The molecule has 1 aromatic carbocycles. The number of aliphatic hydroxyl groups is 1. The second-order valence-corrected chi connectivity index (χ2v) is 3.17. The third-order valence-electron chi connectivity index (χ3n) is 1.96. The Labute approximate surface area is 94.4 Å². The number of hydrogen-bond acceptors (Lipinski definition) is 5. The second-order valence-electron chi connectivity index (χ2n) is 3.17. The summed E-state index contributed by atoms with van der Waals surface area (Å²) in [5.41, 5.74) is 3.62. The predicted octanol–water partition coefficient (Wildman–Crippen LogP) is 0.707. The molecule has 0 bridgehead atoms. The Morgan fingerprint density at radius 2 is 2.31 bits per heavy atom. The number of methoxy groups -OCH3 is 1. The van der Waals surface area contributed by atoms with Gasteiger partial charge in [0.25, 0.3) is 0 Å². The first kappa shape index (κ1) is 12.3. The fourth-order valence-corrected chi connectivity index (χ4v) is 1.12. The highest BCUT2D eigenvalue weighted by atomic mass is 16.5. The maximum Gasteiger partial charge on any atom is 0.161 e. The molecule has 0 heterocycles. The molecule has 0 aliphatic carbocycles. The van der Waals surface area contributed by atoms with Crippen molar-refractivity contribution in [2.24, 2.45) is 5.10 Å². The molecule has 0 saturated carbocycles. The van der Waals surface area contributed by atoms with Gasteiger partial charge in [-0.15, -0.1) is 0 Å². The van der Waals surface area contributed by atoms with E-state index < -0.39 is 0 Å². The SMILES string of the molecule is COc1cc(C=NNCCCO)ccc1O. The maximum absolute atomic E-state index is 9.36. The molecule has 0 atom stereocenters. The maximum atomic E-state index is 9.36. The van der Waals surface area contributed by atoms with Gasteiger partial charge >= 0.3 is 0 Å². The molecule has 0 unspecified atom stereocenters. The van der Waals surface area contributed by atoms with Crippen LogP contribution in [-0.2, 0) is 0 Å². The zero-order valence-corrected chi connectivity index (χ0v) is 9.18. The zero-order chi connectivity index (χ0) is 11.8. The molecule has 5 nitrogen and oxygen atoms in total. The summed E-state index contributed by atoms with van der Waals surface area (Å²) in [5, 5.41) is 21.9. The van der Waals surface area contributed by atoms with Crippen LogP contribution in [0.4, 0.5) is 0 Å². The van der Waals surface area contributed by atoms with Crippen LogP contribution in [0.5, 0.6) is 11.5 Å². The van der Waals surface area contributed by atoms with Crippen LogP contribution in [0.3, 0.4) is 0 Å². The number of aromatic hydroxyl groups is 1. The summed E-state index contributed by atoms with van der Waals surface area (Å²) < 4.78 is 4.97. The largest absolute Gasteiger partial charge is 0.504 e. The summed E-state index contributed by atoms with van der Waals surface area (Å²) in [7, 11) is 1.50. The number of hydrazone groups is 1. The monoisotopic (exact) mass is 224 g/mol. The molecule has 0 aliphatic heterocycles. The molecule has 88 valence electrons. The summed E-state index contributed by atoms with van der Waals surface area (Å²) in [6, 6.07) is 4.97. The van der Waals surface area contributed by atoms with Gasteiger partial charge in [0.05, 0.1) is 13.3 Å². The molecule has 16 heavy (non-hydrogen) atoms. The average molecular weight is 224 g/mol. The van der Waals surface area contributed by atoms with Gasteiger partial charge in [0.2, 0.25) is 0 Å². The zero-order valence-electron chi connectivity index (χ0n) is 9.18. The number of aliphatic hydroxyl groups excluding tert-OH is 1. The van der Waals surface area contributed by atoms with Crippen LogP contribution >= 0.6 is 0 Å². The molecule has 0 fully saturated rings. The van der Waals surface area contributed by atoms with Crippen LogP contribution in [-0.4, -0.2) is 36.7 Å². The Morgan fingerprint density at radius 3 is 3.00 bits per heavy atom. The van der Waals surface area contributed by atoms with Gasteiger partial charge in [0.1, 0.15) is 0 Å². The lowest BCUT2D eigenvalue weighted by Gasteiger charge is -2.03. The van der Waals surface area contributed by atoms with E-state index in [1.807, 2.05) is 0 Å². The molecule has 1 aromatic rings. The van der Waals surface area contributed by atoms with E-state index in [0.717, 1.165) is 5.56 Å². The topological polar surface area (TPSA) is 74.1 Å². The van der Waals surface area contributed by atoms with Crippen LogP contribution in [0, 0.1) is 0 Å². The lowest BCUT2D eigenvalue weighted by Crippen LogP contribution is -2.09. The number of nitrogens with one attached hydrogen (secondary N) is 1. The molecule has 0 saturated heterocycles. The van der Waals surface area contributed by atoms with E-state index in [9.17, 15) is 5.11 Å². The van der Waals surface area contributed by atoms with Crippen molar-refractivity contribution in [1.82, 2.24) is 5.43 Å². The van der Waals surface area contributed by atoms with E-state index in [1.54, 1.807) is 24.4 Å². The summed E-state index contributed by atoms with van der Waals surface area (Å²) in [5.74, 6) is 0.521. The van der Waals surface area contributed by atoms with E-state index in [0.29, 0.717) is 18.7 Å². The fourth-order valence-electron chi connectivity index (χ4n) is 1.12. The number of hydrogen-bond donors (Lipinski definition) is 3. The van der Waals surface area contributed by atoms with E-state index in [1.165, 1.54) is 7.11 Å². The highest BCUT2D eigenvalue weighted by molar-refractivity contribution is 5.80. The molecule has 3 N–H and O–H groups in total. The lowest BCUT2D eigenvalue weighted by atomic mass is 10.2. The van der Waals surface area contributed by atoms with Crippen molar-refractivity contribution in [3.63, 3.8) is 0 Å². The molecule has 0 aliphatic rings. The summed E-state index contributed by atoms with van der Waals surface area (Å²) >= 11 is 0. The smallest absolute Gasteiger partial charge is 0.161 e. The minimum absolute atomic E-state index is 0.105. The van der Waals surface area contributed by atoms with Crippen molar-refractivity contribution >= 4 is 6.21 Å². The van der Waals surface area contributed by atoms with Gasteiger partial charge in [-0.1, -0.05) is 0 Å². The Bertz CT molecular complexity index is 353. The summed E-state index contributed by atoms with van der Waals surface area (Å²) in [6.45, 7) is 0.776. The van der Waals surface area contributed by atoms with Crippen LogP contribution in [0.2, 0.25) is 0 Å². The number of phenols is 1. The highest BCUT2D eigenvalue weighted by Crippen LogP contribution is 2.25. The van der Waals surface area contributed by atoms with E-state index in [4.69, 9.17) is 9.84 Å². The summed E-state index contributed by atoms with van der Waals surface area (Å²) in [6.07, 6.45) is 2.29. The van der Waals surface area contributed by atoms with Crippen molar-refractivity contribution in [1.29, 1.82) is 0 Å². The van der Waals surface area contributed by atoms with E-state index in [2.05, 4.69) is 10.5 Å². The van der Waals surface area contributed by atoms with Gasteiger partial charge < -0.3 is 20.4 Å². The van der Waals surface area contributed by atoms with E-state index in [-0.39, 0.29) is 12.4 Å². The quantitative estimate of drug-likeness (QED) is 0.378. The van der Waals surface area contributed by atoms with Gasteiger partial charge in [0.15, 0.2) is 11.5 Å². The van der Waals surface area contributed by atoms with Gasteiger partial charge in [0, 0.05) is 13.2 Å². The van der Waals surface area contributed by atoms with Crippen LogP contribution < -0.4 is 10.2 Å². The second kappa shape index (κ2) is 6.68. The van der Waals surface area contributed by atoms with Gasteiger partial charge in [-0.05, 0) is 30.2 Å². The molecular weight excluding hydrogens is 208 g/mol. The molecule has 0 radical (unpaired) electrons. The van der Waals surface area contributed by atoms with Crippen molar-refractivity contribution in [3.8, 4) is 11.5 Å². The standard InChI is InChI=1S/C11H16N2O3/c1-16-11-7-9(3-4-10(11)15)8-13-12-5-2-6-14/h3-4,7-8,12,14-15H,2,5-6H2,1H3. The van der Waals surface area contributed by atoms with Gasteiger partial charge in [-0.3, -0.25) is 0 Å². The number of ether oxygens (including phenoxy) is 1. The van der Waals surface area contributed by atoms with Crippen molar-refractivity contribution < 1.29 is 14.9 Å². The molecule has 5 heteroatoms. The van der Waals surface area contributed by atoms with Crippen molar-refractivity contribution in [2.45, 2.75) is 6.42 Å². The average Bonchev–Trinajstić information content (AvgIpc) is 2.31. The summed E-state index contributed by atoms with van der Waals surface area (Å²) in [4.78, 5) is 0. The highest BCUT2D eigenvalue weighted by Gasteiger charge is 2.00. The number of rotatable bonds is 6.